The van der Waals surface area contributed by atoms with Gasteiger partial charge in [-0.2, -0.15) is 0 Å². The van der Waals surface area contributed by atoms with Crippen molar-refractivity contribution in [2.24, 2.45) is 0 Å². The molecule has 0 aromatic heterocycles. The van der Waals surface area contributed by atoms with Crippen LogP contribution < -0.4 is 4.74 Å². The SMILES string of the molecule is CCCc1c(C)ccc(OC)c1I. The van der Waals surface area contributed by atoms with Crippen LogP contribution in [0.1, 0.15) is 24.5 Å². The van der Waals surface area contributed by atoms with Gasteiger partial charge in [0, 0.05) is 0 Å². The van der Waals surface area contributed by atoms with Crippen molar-refractivity contribution in [1.82, 2.24) is 0 Å². The predicted molar refractivity (Wildman–Crippen MR) is 64.4 cm³/mol. The minimum Gasteiger partial charge on any atom is -0.496 e. The van der Waals surface area contributed by atoms with Gasteiger partial charge < -0.3 is 4.74 Å². The molecule has 0 radical (unpaired) electrons. The van der Waals surface area contributed by atoms with Crippen LogP contribution in [0.25, 0.3) is 0 Å². The standard InChI is InChI=1S/C11H15IO/c1-4-5-9-8(2)6-7-10(13-3)11(9)12/h6-7H,4-5H2,1-3H3. The minimum atomic E-state index is 0.995. The summed E-state index contributed by atoms with van der Waals surface area (Å²) in [6, 6.07) is 4.17. The van der Waals surface area contributed by atoms with E-state index in [2.05, 4.69) is 42.5 Å². The van der Waals surface area contributed by atoms with Gasteiger partial charge >= 0.3 is 0 Å². The number of ether oxygens (including phenoxy) is 1. The first kappa shape index (κ1) is 10.8. The van der Waals surface area contributed by atoms with Gasteiger partial charge in [0.25, 0.3) is 0 Å². The van der Waals surface area contributed by atoms with Gasteiger partial charge in [0.1, 0.15) is 5.75 Å². The molecule has 13 heavy (non-hydrogen) atoms. The van der Waals surface area contributed by atoms with Gasteiger partial charge in [-0.1, -0.05) is 19.4 Å². The Labute approximate surface area is 93.6 Å². The number of rotatable bonds is 3. The van der Waals surface area contributed by atoms with Crippen LogP contribution in [-0.2, 0) is 6.42 Å². The van der Waals surface area contributed by atoms with Crippen LogP contribution in [0.4, 0.5) is 0 Å². The number of aryl methyl sites for hydroxylation is 1. The maximum atomic E-state index is 5.28. The molecule has 0 aliphatic carbocycles. The normalized spacial score (nSPS) is 10.2. The van der Waals surface area contributed by atoms with E-state index in [1.807, 2.05) is 6.07 Å². The zero-order chi connectivity index (χ0) is 9.84. The van der Waals surface area contributed by atoms with E-state index in [1.54, 1.807) is 7.11 Å². The molecule has 0 aliphatic heterocycles. The molecule has 0 bridgehead atoms. The quantitative estimate of drug-likeness (QED) is 0.773. The Morgan fingerprint density at radius 1 is 1.38 bits per heavy atom. The monoisotopic (exact) mass is 290 g/mol. The van der Waals surface area contributed by atoms with Gasteiger partial charge in [-0.25, -0.2) is 0 Å². The number of hydrogen-bond acceptors (Lipinski definition) is 1. The average molecular weight is 290 g/mol. The van der Waals surface area contributed by atoms with E-state index in [0.717, 1.165) is 12.2 Å². The summed E-state index contributed by atoms with van der Waals surface area (Å²) in [5.74, 6) is 0.995. The molecule has 1 rings (SSSR count). The highest BCUT2D eigenvalue weighted by Gasteiger charge is 2.07. The van der Waals surface area contributed by atoms with Crippen LogP contribution in [-0.4, -0.2) is 7.11 Å². The molecular weight excluding hydrogens is 275 g/mol. The highest BCUT2D eigenvalue weighted by molar-refractivity contribution is 14.1. The molecule has 1 aromatic rings. The van der Waals surface area contributed by atoms with Gasteiger partial charge in [-0.3, -0.25) is 0 Å². The van der Waals surface area contributed by atoms with Crippen molar-refractivity contribution < 1.29 is 4.74 Å². The lowest BCUT2D eigenvalue weighted by molar-refractivity contribution is 0.411. The predicted octanol–water partition coefficient (Wildman–Crippen LogP) is 3.56. The van der Waals surface area contributed by atoms with E-state index >= 15 is 0 Å². The number of methoxy groups -OCH3 is 1. The van der Waals surface area contributed by atoms with E-state index in [1.165, 1.54) is 21.1 Å². The van der Waals surface area contributed by atoms with Crippen LogP contribution >= 0.6 is 22.6 Å². The molecule has 0 saturated carbocycles. The van der Waals surface area contributed by atoms with Crippen molar-refractivity contribution in [3.8, 4) is 5.75 Å². The van der Waals surface area contributed by atoms with Gasteiger partial charge in [0.15, 0.2) is 0 Å². The molecule has 0 N–H and O–H groups in total. The van der Waals surface area contributed by atoms with E-state index < -0.39 is 0 Å². The first-order chi connectivity index (χ1) is 6.20. The van der Waals surface area contributed by atoms with Crippen molar-refractivity contribution in [3.63, 3.8) is 0 Å². The van der Waals surface area contributed by atoms with Crippen molar-refractivity contribution >= 4 is 22.6 Å². The molecule has 72 valence electrons. The topological polar surface area (TPSA) is 9.23 Å². The molecule has 0 aliphatic rings. The molecule has 0 atom stereocenters. The van der Waals surface area contributed by atoms with Crippen molar-refractivity contribution in [3.05, 3.63) is 26.8 Å². The van der Waals surface area contributed by atoms with Gasteiger partial charge in [-0.05, 0) is 53.1 Å². The fourth-order valence-electron chi connectivity index (χ4n) is 1.41. The highest BCUT2D eigenvalue weighted by Crippen LogP contribution is 2.27. The van der Waals surface area contributed by atoms with Crippen molar-refractivity contribution in [1.29, 1.82) is 0 Å². The molecular formula is C11H15IO. The van der Waals surface area contributed by atoms with Crippen molar-refractivity contribution in [2.75, 3.05) is 7.11 Å². The van der Waals surface area contributed by atoms with Crippen LogP contribution in [0, 0.1) is 10.5 Å². The summed E-state index contributed by atoms with van der Waals surface area (Å²) in [7, 11) is 1.72. The van der Waals surface area contributed by atoms with Gasteiger partial charge in [0.2, 0.25) is 0 Å². The second-order valence-electron chi connectivity index (χ2n) is 3.13. The Balaban J connectivity index is 3.13. The number of hydrogen-bond donors (Lipinski definition) is 0. The summed E-state index contributed by atoms with van der Waals surface area (Å²) in [5.41, 5.74) is 2.80. The van der Waals surface area contributed by atoms with Crippen molar-refractivity contribution in [2.45, 2.75) is 26.7 Å². The van der Waals surface area contributed by atoms with Crippen LogP contribution in [0.2, 0.25) is 0 Å². The second kappa shape index (κ2) is 4.84. The highest BCUT2D eigenvalue weighted by atomic mass is 127. The largest absolute Gasteiger partial charge is 0.496 e. The van der Waals surface area contributed by atoms with E-state index in [4.69, 9.17) is 4.74 Å². The fourth-order valence-corrected chi connectivity index (χ4v) is 2.51. The number of halogens is 1. The first-order valence-corrected chi connectivity index (χ1v) is 5.60. The summed E-state index contributed by atoms with van der Waals surface area (Å²) in [5, 5.41) is 0. The molecule has 0 spiro atoms. The van der Waals surface area contributed by atoms with Crippen LogP contribution in [0.3, 0.4) is 0 Å². The average Bonchev–Trinajstić information content (AvgIpc) is 2.12. The van der Waals surface area contributed by atoms with E-state index in [9.17, 15) is 0 Å². The van der Waals surface area contributed by atoms with E-state index in [-0.39, 0.29) is 0 Å². The van der Waals surface area contributed by atoms with Crippen LogP contribution in [0.15, 0.2) is 12.1 Å². The Morgan fingerprint density at radius 2 is 2.08 bits per heavy atom. The minimum absolute atomic E-state index is 0.995. The summed E-state index contributed by atoms with van der Waals surface area (Å²) >= 11 is 2.36. The first-order valence-electron chi connectivity index (χ1n) is 4.52. The fraction of sp³-hybridized carbons (Fsp3) is 0.455. The third-order valence-electron chi connectivity index (χ3n) is 2.16. The summed E-state index contributed by atoms with van der Waals surface area (Å²) in [4.78, 5) is 0. The molecule has 1 aromatic carbocycles. The number of benzene rings is 1. The van der Waals surface area contributed by atoms with Crippen LogP contribution in [0.5, 0.6) is 5.75 Å². The van der Waals surface area contributed by atoms with Gasteiger partial charge in [-0.15, -0.1) is 0 Å². The molecule has 0 unspecified atom stereocenters. The Bertz CT molecular complexity index is 294. The third-order valence-corrected chi connectivity index (χ3v) is 3.34. The lowest BCUT2D eigenvalue weighted by Gasteiger charge is -2.11. The molecule has 0 amide bonds. The molecule has 0 saturated heterocycles. The molecule has 1 nitrogen and oxygen atoms in total. The Hall–Kier alpha value is -0.250. The molecule has 0 heterocycles. The summed E-state index contributed by atoms with van der Waals surface area (Å²) < 4.78 is 6.55. The third kappa shape index (κ3) is 2.36. The molecule has 0 fully saturated rings. The summed E-state index contributed by atoms with van der Waals surface area (Å²) in [6.45, 7) is 4.36. The van der Waals surface area contributed by atoms with Gasteiger partial charge in [0.05, 0.1) is 10.7 Å². The maximum Gasteiger partial charge on any atom is 0.132 e. The maximum absolute atomic E-state index is 5.28. The zero-order valence-electron chi connectivity index (χ0n) is 8.36. The lowest BCUT2D eigenvalue weighted by Crippen LogP contribution is -1.96. The smallest absolute Gasteiger partial charge is 0.132 e. The second-order valence-corrected chi connectivity index (χ2v) is 4.21. The lowest BCUT2D eigenvalue weighted by atomic mass is 10.0. The van der Waals surface area contributed by atoms with E-state index in [0.29, 0.717) is 0 Å². The Morgan fingerprint density at radius 3 is 2.62 bits per heavy atom. The summed E-state index contributed by atoms with van der Waals surface area (Å²) in [6.07, 6.45) is 2.32. The Kier molecular flexibility index (Phi) is 4.03. The molecule has 2 heteroatoms. The zero-order valence-corrected chi connectivity index (χ0v) is 10.5.